The number of carbonyl (C=O) groups is 1. The Hall–Kier alpha value is -2.53. The van der Waals surface area contributed by atoms with Crippen molar-refractivity contribution >= 4 is 16.6 Å². The second-order valence-electron chi connectivity index (χ2n) is 9.11. The third-order valence-corrected chi connectivity index (χ3v) is 6.07. The Morgan fingerprint density at radius 1 is 1.10 bits per heavy atom. The molecule has 3 heterocycles. The van der Waals surface area contributed by atoms with Crippen LogP contribution in [0.2, 0.25) is 0 Å². The van der Waals surface area contributed by atoms with Gasteiger partial charge in [-0.1, -0.05) is 26.0 Å². The standard InChI is InChI=1S/C25H32N4O/c1-18(2)16-29-9-4-5-19(8-10-29)25(30)13-24-12-22-11-20(6-7-21(22)14-26-24)23-15-27-28(3)17-23/h6-7,11-12,14-15,17-19H,4-5,8-10,13,16H2,1-3H3. The fourth-order valence-electron chi connectivity index (χ4n) is 4.53. The summed E-state index contributed by atoms with van der Waals surface area (Å²) in [6.45, 7) is 7.81. The first-order chi connectivity index (χ1) is 14.5. The number of fused-ring (bicyclic) bond motifs is 1. The summed E-state index contributed by atoms with van der Waals surface area (Å²) in [5.74, 6) is 1.19. The summed E-state index contributed by atoms with van der Waals surface area (Å²) in [6, 6.07) is 8.43. The molecule has 0 spiro atoms. The van der Waals surface area contributed by atoms with Gasteiger partial charge >= 0.3 is 0 Å². The average Bonchev–Trinajstić information content (AvgIpc) is 3.01. The molecular weight excluding hydrogens is 372 g/mol. The summed E-state index contributed by atoms with van der Waals surface area (Å²) in [5, 5.41) is 6.48. The summed E-state index contributed by atoms with van der Waals surface area (Å²) in [7, 11) is 1.92. The third-order valence-electron chi connectivity index (χ3n) is 6.07. The van der Waals surface area contributed by atoms with Crippen LogP contribution in [0.3, 0.4) is 0 Å². The van der Waals surface area contributed by atoms with E-state index in [9.17, 15) is 4.79 Å². The van der Waals surface area contributed by atoms with Crippen LogP contribution in [0, 0.1) is 11.8 Å². The number of likely N-dealkylation sites (tertiary alicyclic amines) is 1. The molecular formula is C25H32N4O. The van der Waals surface area contributed by atoms with Crippen molar-refractivity contribution in [1.82, 2.24) is 19.7 Å². The molecule has 4 rings (SSSR count). The molecule has 158 valence electrons. The molecule has 0 radical (unpaired) electrons. The van der Waals surface area contributed by atoms with E-state index in [1.165, 1.54) is 0 Å². The minimum atomic E-state index is 0.168. The second-order valence-corrected chi connectivity index (χ2v) is 9.11. The summed E-state index contributed by atoms with van der Waals surface area (Å²) in [6.07, 6.45) is 9.31. The molecule has 0 aliphatic carbocycles. The van der Waals surface area contributed by atoms with Crippen LogP contribution in [-0.2, 0) is 18.3 Å². The first-order valence-corrected chi connectivity index (χ1v) is 11.1. The Morgan fingerprint density at radius 2 is 1.97 bits per heavy atom. The fraction of sp³-hybridized carbons (Fsp3) is 0.480. The molecule has 0 amide bonds. The molecule has 1 fully saturated rings. The summed E-state index contributed by atoms with van der Waals surface area (Å²) >= 11 is 0. The highest BCUT2D eigenvalue weighted by molar-refractivity contribution is 5.88. The van der Waals surface area contributed by atoms with E-state index < -0.39 is 0 Å². The van der Waals surface area contributed by atoms with Crippen molar-refractivity contribution in [2.24, 2.45) is 18.9 Å². The quantitative estimate of drug-likeness (QED) is 0.607. The summed E-state index contributed by atoms with van der Waals surface area (Å²) in [5.41, 5.74) is 3.10. The van der Waals surface area contributed by atoms with Crippen LogP contribution < -0.4 is 0 Å². The number of ketones is 1. The van der Waals surface area contributed by atoms with Crippen LogP contribution in [-0.4, -0.2) is 45.1 Å². The molecule has 0 N–H and O–H groups in total. The van der Waals surface area contributed by atoms with Gasteiger partial charge < -0.3 is 4.90 Å². The fourth-order valence-corrected chi connectivity index (χ4v) is 4.53. The maximum absolute atomic E-state index is 13.0. The lowest BCUT2D eigenvalue weighted by molar-refractivity contribution is -0.122. The lowest BCUT2D eigenvalue weighted by Crippen LogP contribution is -2.29. The number of hydrogen-bond donors (Lipinski definition) is 0. The first-order valence-electron chi connectivity index (χ1n) is 11.1. The lowest BCUT2D eigenvalue weighted by Gasteiger charge is -2.22. The van der Waals surface area contributed by atoms with E-state index in [-0.39, 0.29) is 5.92 Å². The van der Waals surface area contributed by atoms with Gasteiger partial charge in [-0.2, -0.15) is 5.10 Å². The number of rotatable bonds is 6. The molecule has 1 unspecified atom stereocenters. The molecule has 2 aromatic heterocycles. The molecule has 5 heteroatoms. The van der Waals surface area contributed by atoms with Crippen LogP contribution in [0.1, 0.15) is 38.8 Å². The average molecular weight is 405 g/mol. The number of pyridine rings is 1. The van der Waals surface area contributed by atoms with Crippen LogP contribution in [0.25, 0.3) is 21.9 Å². The van der Waals surface area contributed by atoms with Crippen molar-refractivity contribution in [3.05, 3.63) is 48.5 Å². The topological polar surface area (TPSA) is 51.0 Å². The van der Waals surface area contributed by atoms with E-state index in [0.29, 0.717) is 18.1 Å². The van der Waals surface area contributed by atoms with Gasteiger partial charge in [0.05, 0.1) is 6.20 Å². The third kappa shape index (κ3) is 4.96. The van der Waals surface area contributed by atoms with Gasteiger partial charge in [-0.05, 0) is 61.4 Å². The molecule has 1 aromatic carbocycles. The summed E-state index contributed by atoms with van der Waals surface area (Å²) < 4.78 is 1.81. The van der Waals surface area contributed by atoms with Crippen molar-refractivity contribution in [2.75, 3.05) is 19.6 Å². The van der Waals surface area contributed by atoms with Crippen molar-refractivity contribution in [3.63, 3.8) is 0 Å². The second kappa shape index (κ2) is 9.09. The number of aryl methyl sites for hydroxylation is 1. The van der Waals surface area contributed by atoms with Gasteiger partial charge in [0.25, 0.3) is 0 Å². The van der Waals surface area contributed by atoms with Crippen LogP contribution >= 0.6 is 0 Å². The number of nitrogens with zero attached hydrogens (tertiary/aromatic N) is 4. The highest BCUT2D eigenvalue weighted by Crippen LogP contribution is 2.25. The minimum Gasteiger partial charge on any atom is -0.303 e. The van der Waals surface area contributed by atoms with Gasteiger partial charge in [0.1, 0.15) is 5.78 Å². The smallest absolute Gasteiger partial charge is 0.141 e. The molecule has 3 aromatic rings. The van der Waals surface area contributed by atoms with Crippen molar-refractivity contribution in [3.8, 4) is 11.1 Å². The minimum absolute atomic E-state index is 0.168. The van der Waals surface area contributed by atoms with Crippen LogP contribution in [0.5, 0.6) is 0 Å². The van der Waals surface area contributed by atoms with Crippen molar-refractivity contribution in [2.45, 2.75) is 39.5 Å². The van der Waals surface area contributed by atoms with Gasteiger partial charge in [-0.3, -0.25) is 14.5 Å². The zero-order valence-electron chi connectivity index (χ0n) is 18.3. The number of Topliss-reactive ketones (excluding diaryl/α,β-unsaturated/α-hetero) is 1. The van der Waals surface area contributed by atoms with E-state index in [0.717, 1.165) is 66.5 Å². The predicted molar refractivity (Wildman–Crippen MR) is 121 cm³/mol. The van der Waals surface area contributed by atoms with E-state index in [4.69, 9.17) is 0 Å². The SMILES string of the molecule is CC(C)CN1CCCC(C(=O)Cc2cc3cc(-c4cnn(C)c4)ccc3cn2)CC1. The van der Waals surface area contributed by atoms with Gasteiger partial charge in [-0.15, -0.1) is 0 Å². The maximum Gasteiger partial charge on any atom is 0.141 e. The van der Waals surface area contributed by atoms with E-state index in [1.54, 1.807) is 0 Å². The van der Waals surface area contributed by atoms with Crippen molar-refractivity contribution in [1.29, 1.82) is 0 Å². The Morgan fingerprint density at radius 3 is 2.73 bits per heavy atom. The normalized spacial score (nSPS) is 18.1. The molecule has 30 heavy (non-hydrogen) atoms. The number of hydrogen-bond acceptors (Lipinski definition) is 4. The highest BCUT2D eigenvalue weighted by Gasteiger charge is 2.23. The molecule has 0 bridgehead atoms. The number of carbonyl (C=O) groups excluding carboxylic acids is 1. The largest absolute Gasteiger partial charge is 0.303 e. The Bertz CT molecular complexity index is 1020. The van der Waals surface area contributed by atoms with Gasteiger partial charge in [-0.25, -0.2) is 0 Å². The monoisotopic (exact) mass is 404 g/mol. The predicted octanol–water partition coefficient (Wildman–Crippen LogP) is 4.51. The molecule has 5 nitrogen and oxygen atoms in total. The maximum atomic E-state index is 13.0. The van der Waals surface area contributed by atoms with E-state index in [2.05, 4.69) is 53.1 Å². The number of benzene rings is 1. The molecule has 1 atom stereocenters. The van der Waals surface area contributed by atoms with E-state index in [1.807, 2.05) is 30.3 Å². The Labute approximate surface area is 179 Å². The van der Waals surface area contributed by atoms with Gasteiger partial charge in [0, 0.05) is 55.0 Å². The first kappa shape index (κ1) is 20.7. The lowest BCUT2D eigenvalue weighted by atomic mass is 9.92. The Balaban J connectivity index is 1.46. The zero-order chi connectivity index (χ0) is 21.1. The van der Waals surface area contributed by atoms with Crippen LogP contribution in [0.15, 0.2) is 42.9 Å². The molecule has 0 saturated carbocycles. The Kier molecular flexibility index (Phi) is 6.28. The molecule has 1 aliphatic rings. The van der Waals surface area contributed by atoms with Gasteiger partial charge in [0.2, 0.25) is 0 Å². The van der Waals surface area contributed by atoms with Crippen LogP contribution in [0.4, 0.5) is 0 Å². The number of aromatic nitrogens is 3. The van der Waals surface area contributed by atoms with Gasteiger partial charge in [0.15, 0.2) is 0 Å². The molecule has 1 saturated heterocycles. The zero-order valence-corrected chi connectivity index (χ0v) is 18.3. The van der Waals surface area contributed by atoms with E-state index >= 15 is 0 Å². The molecule has 1 aliphatic heterocycles. The van der Waals surface area contributed by atoms with Crippen molar-refractivity contribution < 1.29 is 4.79 Å². The highest BCUT2D eigenvalue weighted by atomic mass is 16.1. The summed E-state index contributed by atoms with van der Waals surface area (Å²) in [4.78, 5) is 20.1.